The molecular formula is C20H31N3O2. The molecule has 5 nitrogen and oxygen atoms in total. The monoisotopic (exact) mass is 345 g/mol. The largest absolute Gasteiger partial charge is 0.387 e. The minimum Gasteiger partial charge on any atom is -0.387 e. The lowest BCUT2D eigenvalue weighted by Crippen LogP contribution is -2.43. The standard InChI is InChI=1S/C20H31N3O2/c1-16-13-21(15-20(25)18-7-4-3-5-8-18)14-19(16)23-10-6-9-22(11-12-23)17(2)24/h3-5,7-8,16,19-20,25H,6,9-15H2,1-2H3/t16-,19+,20+/m0/s1. The highest BCUT2D eigenvalue weighted by Crippen LogP contribution is 2.25. The number of likely N-dealkylation sites (tertiary alicyclic amines) is 1. The van der Waals surface area contributed by atoms with Crippen molar-refractivity contribution in [3.8, 4) is 0 Å². The number of aliphatic hydroxyl groups is 1. The van der Waals surface area contributed by atoms with Crippen LogP contribution < -0.4 is 0 Å². The first kappa shape index (κ1) is 18.4. The molecule has 0 bridgehead atoms. The maximum Gasteiger partial charge on any atom is 0.219 e. The third kappa shape index (κ3) is 4.60. The van der Waals surface area contributed by atoms with Crippen molar-refractivity contribution in [1.29, 1.82) is 0 Å². The van der Waals surface area contributed by atoms with Crippen LogP contribution >= 0.6 is 0 Å². The smallest absolute Gasteiger partial charge is 0.219 e. The van der Waals surface area contributed by atoms with E-state index in [0.29, 0.717) is 18.5 Å². The van der Waals surface area contributed by atoms with Crippen LogP contribution in [0.25, 0.3) is 0 Å². The van der Waals surface area contributed by atoms with Crippen LogP contribution in [0.3, 0.4) is 0 Å². The van der Waals surface area contributed by atoms with E-state index in [-0.39, 0.29) is 5.91 Å². The number of carbonyl (C=O) groups is 1. The van der Waals surface area contributed by atoms with Crippen molar-refractivity contribution in [2.24, 2.45) is 5.92 Å². The summed E-state index contributed by atoms with van der Waals surface area (Å²) in [5.41, 5.74) is 0.991. The summed E-state index contributed by atoms with van der Waals surface area (Å²) in [7, 11) is 0. The Hall–Kier alpha value is -1.43. The molecule has 1 aromatic carbocycles. The second kappa shape index (κ2) is 8.30. The Bertz CT molecular complexity index is 565. The second-order valence-electron chi connectivity index (χ2n) is 7.59. The van der Waals surface area contributed by atoms with Gasteiger partial charge >= 0.3 is 0 Å². The molecule has 0 aliphatic carbocycles. The summed E-state index contributed by atoms with van der Waals surface area (Å²) in [4.78, 5) is 18.5. The van der Waals surface area contributed by atoms with Gasteiger partial charge in [-0.2, -0.15) is 0 Å². The summed E-state index contributed by atoms with van der Waals surface area (Å²) in [5, 5.41) is 10.5. The SMILES string of the molecule is CC(=O)N1CCCN([C@@H]2CN(C[C@@H](O)c3ccccc3)C[C@@H]2C)CC1. The maximum atomic E-state index is 11.6. The number of nitrogens with zero attached hydrogens (tertiary/aromatic N) is 3. The first-order valence-corrected chi connectivity index (χ1v) is 9.49. The molecule has 2 saturated heterocycles. The Kier molecular flexibility index (Phi) is 6.10. The fraction of sp³-hybridized carbons (Fsp3) is 0.650. The predicted molar refractivity (Wildman–Crippen MR) is 99.2 cm³/mol. The molecule has 0 saturated carbocycles. The van der Waals surface area contributed by atoms with E-state index in [4.69, 9.17) is 0 Å². The summed E-state index contributed by atoms with van der Waals surface area (Å²) in [5.74, 6) is 0.779. The molecule has 2 aliphatic heterocycles. The molecule has 0 aromatic heterocycles. The van der Waals surface area contributed by atoms with Crippen molar-refractivity contribution in [2.45, 2.75) is 32.4 Å². The summed E-state index contributed by atoms with van der Waals surface area (Å²) in [6, 6.07) is 10.4. The molecule has 2 heterocycles. The van der Waals surface area contributed by atoms with Crippen LogP contribution in [0.2, 0.25) is 0 Å². The molecule has 25 heavy (non-hydrogen) atoms. The average molecular weight is 345 g/mol. The zero-order chi connectivity index (χ0) is 17.8. The lowest BCUT2D eigenvalue weighted by molar-refractivity contribution is -0.128. The molecule has 1 aromatic rings. The van der Waals surface area contributed by atoms with Gasteiger partial charge in [-0.15, -0.1) is 0 Å². The molecule has 5 heteroatoms. The van der Waals surface area contributed by atoms with Gasteiger partial charge < -0.3 is 10.0 Å². The Morgan fingerprint density at radius 1 is 1.16 bits per heavy atom. The fourth-order valence-electron chi connectivity index (χ4n) is 4.28. The van der Waals surface area contributed by atoms with E-state index in [9.17, 15) is 9.90 Å². The van der Waals surface area contributed by atoms with E-state index < -0.39 is 6.10 Å². The summed E-state index contributed by atoms with van der Waals surface area (Å²) >= 11 is 0. The number of aliphatic hydroxyl groups excluding tert-OH is 1. The van der Waals surface area contributed by atoms with Crippen molar-refractivity contribution in [1.82, 2.24) is 14.7 Å². The van der Waals surface area contributed by atoms with Crippen molar-refractivity contribution < 1.29 is 9.90 Å². The van der Waals surface area contributed by atoms with Crippen LogP contribution in [0.1, 0.15) is 31.9 Å². The molecule has 1 amide bonds. The van der Waals surface area contributed by atoms with E-state index in [1.807, 2.05) is 35.2 Å². The van der Waals surface area contributed by atoms with Crippen LogP contribution in [0, 0.1) is 5.92 Å². The minimum absolute atomic E-state index is 0.189. The van der Waals surface area contributed by atoms with E-state index >= 15 is 0 Å². The molecule has 1 N–H and O–H groups in total. The van der Waals surface area contributed by atoms with E-state index in [1.54, 1.807) is 6.92 Å². The van der Waals surface area contributed by atoms with Gasteiger partial charge in [-0.05, 0) is 17.9 Å². The number of hydrogen-bond acceptors (Lipinski definition) is 4. The third-order valence-electron chi connectivity index (χ3n) is 5.71. The predicted octanol–water partition coefficient (Wildman–Crippen LogP) is 1.59. The number of β-amino-alcohol motifs (C(OH)–C–C–N with tert-alkyl or cyclic N) is 1. The van der Waals surface area contributed by atoms with Crippen molar-refractivity contribution in [2.75, 3.05) is 45.8 Å². The van der Waals surface area contributed by atoms with Gasteiger partial charge in [0, 0.05) is 58.8 Å². The van der Waals surface area contributed by atoms with E-state index in [2.05, 4.69) is 16.7 Å². The lowest BCUT2D eigenvalue weighted by atomic mass is 10.0. The molecule has 3 atom stereocenters. The summed E-state index contributed by atoms with van der Waals surface area (Å²) < 4.78 is 0. The topological polar surface area (TPSA) is 47.0 Å². The van der Waals surface area contributed by atoms with Crippen molar-refractivity contribution >= 4 is 5.91 Å². The Labute approximate surface area is 151 Å². The molecule has 0 radical (unpaired) electrons. The van der Waals surface area contributed by atoms with Gasteiger partial charge in [-0.1, -0.05) is 37.3 Å². The number of amides is 1. The first-order chi connectivity index (χ1) is 12.0. The van der Waals surface area contributed by atoms with Crippen LogP contribution in [0.15, 0.2) is 30.3 Å². The van der Waals surface area contributed by atoms with Gasteiger partial charge in [0.05, 0.1) is 6.10 Å². The summed E-state index contributed by atoms with van der Waals surface area (Å²) in [6.07, 6.45) is 0.625. The Morgan fingerprint density at radius 2 is 1.92 bits per heavy atom. The van der Waals surface area contributed by atoms with Crippen LogP contribution in [0.4, 0.5) is 0 Å². The van der Waals surface area contributed by atoms with Gasteiger partial charge in [-0.3, -0.25) is 14.6 Å². The van der Waals surface area contributed by atoms with Gasteiger partial charge in [0.25, 0.3) is 0 Å². The molecule has 138 valence electrons. The number of carbonyl (C=O) groups excluding carboxylic acids is 1. The zero-order valence-electron chi connectivity index (χ0n) is 15.5. The average Bonchev–Trinajstić information content (AvgIpc) is 2.82. The summed E-state index contributed by atoms with van der Waals surface area (Å²) in [6.45, 7) is 10.4. The van der Waals surface area contributed by atoms with E-state index in [0.717, 1.165) is 51.3 Å². The van der Waals surface area contributed by atoms with Crippen molar-refractivity contribution in [3.05, 3.63) is 35.9 Å². The van der Waals surface area contributed by atoms with Crippen LogP contribution in [-0.2, 0) is 4.79 Å². The maximum absolute atomic E-state index is 11.6. The lowest BCUT2D eigenvalue weighted by Gasteiger charge is -2.30. The van der Waals surface area contributed by atoms with Gasteiger partial charge in [0.2, 0.25) is 5.91 Å². The highest BCUT2D eigenvalue weighted by atomic mass is 16.3. The second-order valence-corrected chi connectivity index (χ2v) is 7.59. The Balaban J connectivity index is 1.55. The van der Waals surface area contributed by atoms with E-state index in [1.165, 1.54) is 0 Å². The quantitative estimate of drug-likeness (QED) is 0.900. The first-order valence-electron chi connectivity index (χ1n) is 9.49. The van der Waals surface area contributed by atoms with Crippen LogP contribution in [0.5, 0.6) is 0 Å². The normalized spacial score (nSPS) is 27.2. The molecule has 2 fully saturated rings. The number of hydrogen-bond donors (Lipinski definition) is 1. The minimum atomic E-state index is -0.426. The van der Waals surface area contributed by atoms with Crippen molar-refractivity contribution in [3.63, 3.8) is 0 Å². The van der Waals surface area contributed by atoms with Crippen LogP contribution in [-0.4, -0.2) is 77.6 Å². The van der Waals surface area contributed by atoms with Gasteiger partial charge in [0.1, 0.15) is 0 Å². The Morgan fingerprint density at radius 3 is 2.64 bits per heavy atom. The molecule has 0 spiro atoms. The molecule has 3 rings (SSSR count). The zero-order valence-corrected chi connectivity index (χ0v) is 15.5. The third-order valence-corrected chi connectivity index (χ3v) is 5.71. The van der Waals surface area contributed by atoms with Gasteiger partial charge in [-0.25, -0.2) is 0 Å². The molecule has 2 aliphatic rings. The number of rotatable bonds is 4. The highest BCUT2D eigenvalue weighted by molar-refractivity contribution is 5.73. The highest BCUT2D eigenvalue weighted by Gasteiger charge is 2.35. The number of benzene rings is 1. The van der Waals surface area contributed by atoms with Gasteiger partial charge in [0.15, 0.2) is 0 Å². The fourth-order valence-corrected chi connectivity index (χ4v) is 4.28. The molecule has 0 unspecified atom stereocenters. The molecular weight excluding hydrogens is 314 g/mol.